The zero-order valence-electron chi connectivity index (χ0n) is 10.00. The Kier molecular flexibility index (Phi) is 3.60. The molecule has 1 aromatic carbocycles. The van der Waals surface area contributed by atoms with Crippen molar-refractivity contribution in [1.29, 1.82) is 5.26 Å². The van der Waals surface area contributed by atoms with E-state index in [4.69, 9.17) is 10.00 Å². The fourth-order valence-electron chi connectivity index (χ4n) is 1.71. The number of aliphatic hydroxyl groups excluding tert-OH is 1. The van der Waals surface area contributed by atoms with Crippen LogP contribution in [0.15, 0.2) is 30.6 Å². The van der Waals surface area contributed by atoms with Gasteiger partial charge in [0.2, 0.25) is 0 Å². The number of aromatic nitrogens is 2. The molecule has 0 aliphatic carbocycles. The summed E-state index contributed by atoms with van der Waals surface area (Å²) in [6.07, 6.45) is 3.48. The largest absolute Gasteiger partial charge is 0.497 e. The van der Waals surface area contributed by atoms with Gasteiger partial charge in [0.05, 0.1) is 26.0 Å². The van der Waals surface area contributed by atoms with E-state index < -0.39 is 0 Å². The van der Waals surface area contributed by atoms with Crippen LogP contribution in [0.1, 0.15) is 5.56 Å². The summed E-state index contributed by atoms with van der Waals surface area (Å²) in [4.78, 5) is 0. The van der Waals surface area contributed by atoms with Crippen molar-refractivity contribution in [1.82, 2.24) is 9.78 Å². The first kappa shape index (κ1) is 12.1. The van der Waals surface area contributed by atoms with Crippen LogP contribution in [-0.2, 0) is 13.2 Å². The quantitative estimate of drug-likeness (QED) is 0.884. The Labute approximate surface area is 105 Å². The maximum absolute atomic E-state index is 9.20. The SMILES string of the molecule is COc1cc(CO)cc(-c2cnn(CC#N)c2)c1. The number of aliphatic hydroxyl groups is 1. The number of rotatable bonds is 4. The molecule has 2 aromatic rings. The highest BCUT2D eigenvalue weighted by molar-refractivity contribution is 5.64. The molecular formula is C13H13N3O2. The first-order valence-corrected chi connectivity index (χ1v) is 5.45. The Morgan fingerprint density at radius 2 is 2.22 bits per heavy atom. The number of nitrogens with zero attached hydrogens (tertiary/aromatic N) is 3. The fourth-order valence-corrected chi connectivity index (χ4v) is 1.71. The lowest BCUT2D eigenvalue weighted by atomic mass is 10.1. The molecule has 0 spiro atoms. The molecule has 0 unspecified atom stereocenters. The van der Waals surface area contributed by atoms with Crippen molar-refractivity contribution in [3.8, 4) is 22.9 Å². The van der Waals surface area contributed by atoms with Gasteiger partial charge in [-0.2, -0.15) is 10.4 Å². The van der Waals surface area contributed by atoms with Crippen LogP contribution in [-0.4, -0.2) is 22.0 Å². The lowest BCUT2D eigenvalue weighted by molar-refractivity contribution is 0.281. The molecule has 0 radical (unpaired) electrons. The van der Waals surface area contributed by atoms with Crippen LogP contribution in [0.5, 0.6) is 5.75 Å². The molecule has 0 fully saturated rings. The van der Waals surface area contributed by atoms with E-state index in [-0.39, 0.29) is 13.2 Å². The summed E-state index contributed by atoms with van der Waals surface area (Å²) < 4.78 is 6.75. The lowest BCUT2D eigenvalue weighted by Gasteiger charge is -2.06. The van der Waals surface area contributed by atoms with E-state index in [0.717, 1.165) is 16.7 Å². The van der Waals surface area contributed by atoms with Crippen LogP contribution in [0, 0.1) is 11.3 Å². The summed E-state index contributed by atoms with van der Waals surface area (Å²) in [5.74, 6) is 0.685. The molecule has 0 aliphatic heterocycles. The summed E-state index contributed by atoms with van der Waals surface area (Å²) in [7, 11) is 1.58. The highest BCUT2D eigenvalue weighted by Gasteiger charge is 2.05. The van der Waals surface area contributed by atoms with Gasteiger partial charge < -0.3 is 9.84 Å². The molecule has 2 rings (SSSR count). The molecule has 18 heavy (non-hydrogen) atoms. The van der Waals surface area contributed by atoms with Crippen molar-refractivity contribution in [3.05, 3.63) is 36.2 Å². The van der Waals surface area contributed by atoms with Crippen LogP contribution in [0.25, 0.3) is 11.1 Å². The van der Waals surface area contributed by atoms with Crippen molar-refractivity contribution in [3.63, 3.8) is 0 Å². The van der Waals surface area contributed by atoms with Gasteiger partial charge in [-0.3, -0.25) is 4.68 Å². The molecule has 1 heterocycles. The molecule has 0 atom stereocenters. The molecule has 0 aliphatic rings. The fraction of sp³-hybridized carbons (Fsp3) is 0.231. The van der Waals surface area contributed by atoms with E-state index in [1.807, 2.05) is 18.2 Å². The molecule has 1 aromatic heterocycles. The molecule has 0 saturated carbocycles. The minimum absolute atomic E-state index is 0.0451. The zero-order chi connectivity index (χ0) is 13.0. The molecule has 5 nitrogen and oxygen atoms in total. The van der Waals surface area contributed by atoms with Gasteiger partial charge in [0.1, 0.15) is 12.3 Å². The van der Waals surface area contributed by atoms with E-state index in [9.17, 15) is 5.11 Å². The molecule has 0 bridgehead atoms. The third-order valence-electron chi connectivity index (χ3n) is 2.58. The zero-order valence-corrected chi connectivity index (χ0v) is 10.00. The minimum atomic E-state index is -0.0451. The number of nitriles is 1. The first-order chi connectivity index (χ1) is 8.76. The van der Waals surface area contributed by atoms with Gasteiger partial charge in [-0.25, -0.2) is 0 Å². The molecule has 1 N–H and O–H groups in total. The van der Waals surface area contributed by atoms with Crippen LogP contribution in [0.2, 0.25) is 0 Å². The molecule has 5 heteroatoms. The summed E-state index contributed by atoms with van der Waals surface area (Å²) in [6, 6.07) is 7.55. The highest BCUT2D eigenvalue weighted by atomic mass is 16.5. The highest BCUT2D eigenvalue weighted by Crippen LogP contribution is 2.25. The smallest absolute Gasteiger partial charge is 0.128 e. The number of benzene rings is 1. The van der Waals surface area contributed by atoms with Gasteiger partial charge in [0.25, 0.3) is 0 Å². The van der Waals surface area contributed by atoms with Crippen molar-refractivity contribution in [2.75, 3.05) is 7.11 Å². The van der Waals surface area contributed by atoms with E-state index in [1.165, 1.54) is 0 Å². The second kappa shape index (κ2) is 5.34. The van der Waals surface area contributed by atoms with Crippen LogP contribution >= 0.6 is 0 Å². The van der Waals surface area contributed by atoms with E-state index in [1.54, 1.807) is 30.3 Å². The summed E-state index contributed by atoms with van der Waals surface area (Å²) in [5.41, 5.74) is 2.57. The monoisotopic (exact) mass is 243 g/mol. The summed E-state index contributed by atoms with van der Waals surface area (Å²) in [6.45, 7) is 0.174. The van der Waals surface area contributed by atoms with Gasteiger partial charge in [-0.15, -0.1) is 0 Å². The van der Waals surface area contributed by atoms with Crippen LogP contribution in [0.3, 0.4) is 0 Å². The third-order valence-corrected chi connectivity index (χ3v) is 2.58. The normalized spacial score (nSPS) is 10.1. The third kappa shape index (κ3) is 2.50. The van der Waals surface area contributed by atoms with Crippen LogP contribution < -0.4 is 4.74 Å². The predicted octanol–water partition coefficient (Wildman–Crippen LogP) is 1.57. The number of hydrogen-bond acceptors (Lipinski definition) is 4. The van der Waals surface area contributed by atoms with Gasteiger partial charge in [0.15, 0.2) is 0 Å². The maximum atomic E-state index is 9.20. The van der Waals surface area contributed by atoms with Crippen molar-refractivity contribution < 1.29 is 9.84 Å². The molecular weight excluding hydrogens is 230 g/mol. The maximum Gasteiger partial charge on any atom is 0.128 e. The topological polar surface area (TPSA) is 71.1 Å². The van der Waals surface area contributed by atoms with Crippen molar-refractivity contribution in [2.24, 2.45) is 0 Å². The van der Waals surface area contributed by atoms with E-state index >= 15 is 0 Å². The number of methoxy groups -OCH3 is 1. The Morgan fingerprint density at radius 1 is 1.39 bits per heavy atom. The van der Waals surface area contributed by atoms with Gasteiger partial charge in [0, 0.05) is 11.8 Å². The Bertz CT molecular complexity index is 562. The first-order valence-electron chi connectivity index (χ1n) is 5.45. The summed E-state index contributed by atoms with van der Waals surface area (Å²) >= 11 is 0. The standard InChI is InChI=1S/C13H13N3O2/c1-18-13-5-10(9-17)4-11(6-13)12-7-15-16(8-12)3-2-14/h4-8,17H,3,9H2,1H3. The predicted molar refractivity (Wildman–Crippen MR) is 65.8 cm³/mol. The average molecular weight is 243 g/mol. The van der Waals surface area contributed by atoms with Gasteiger partial charge in [-0.05, 0) is 29.3 Å². The molecule has 0 amide bonds. The van der Waals surface area contributed by atoms with E-state index in [2.05, 4.69) is 5.10 Å². The van der Waals surface area contributed by atoms with Crippen LogP contribution in [0.4, 0.5) is 0 Å². The molecule has 92 valence electrons. The number of hydrogen-bond donors (Lipinski definition) is 1. The second-order valence-corrected chi connectivity index (χ2v) is 3.81. The minimum Gasteiger partial charge on any atom is -0.497 e. The van der Waals surface area contributed by atoms with E-state index in [0.29, 0.717) is 5.75 Å². The Balaban J connectivity index is 2.39. The van der Waals surface area contributed by atoms with Gasteiger partial charge in [-0.1, -0.05) is 0 Å². The summed E-state index contributed by atoms with van der Waals surface area (Å²) in [5, 5.41) is 21.9. The van der Waals surface area contributed by atoms with Crippen molar-refractivity contribution >= 4 is 0 Å². The lowest BCUT2D eigenvalue weighted by Crippen LogP contribution is -1.94. The molecule has 0 saturated heterocycles. The number of ether oxygens (including phenoxy) is 1. The average Bonchev–Trinajstić information content (AvgIpc) is 2.87. The Morgan fingerprint density at radius 3 is 2.89 bits per heavy atom. The van der Waals surface area contributed by atoms with Crippen molar-refractivity contribution in [2.45, 2.75) is 13.2 Å². The Hall–Kier alpha value is -2.32. The van der Waals surface area contributed by atoms with Gasteiger partial charge >= 0.3 is 0 Å². The second-order valence-electron chi connectivity index (χ2n) is 3.81.